The van der Waals surface area contributed by atoms with Crippen LogP contribution in [0.25, 0.3) is 0 Å². The molecule has 0 N–H and O–H groups in total. The molecule has 33 heavy (non-hydrogen) atoms. The van der Waals surface area contributed by atoms with Crippen LogP contribution in [0.2, 0.25) is 0 Å². The summed E-state index contributed by atoms with van der Waals surface area (Å²) in [6.07, 6.45) is 0. The average molecular weight is 475 g/mol. The highest BCUT2D eigenvalue weighted by Gasteiger charge is 2.30. The first-order valence-electron chi connectivity index (χ1n) is 11.0. The lowest BCUT2D eigenvalue weighted by atomic mass is 10.1. The molecule has 0 atom stereocenters. The van der Waals surface area contributed by atoms with Crippen LogP contribution in [-0.4, -0.2) is 67.7 Å². The molecule has 0 saturated carbocycles. The van der Waals surface area contributed by atoms with Crippen LogP contribution in [-0.2, 0) is 10.0 Å². The van der Waals surface area contributed by atoms with Gasteiger partial charge in [0.1, 0.15) is 5.69 Å². The van der Waals surface area contributed by atoms with Crippen molar-refractivity contribution >= 4 is 27.3 Å². The van der Waals surface area contributed by atoms with Crippen LogP contribution in [0.1, 0.15) is 35.3 Å². The molecule has 0 radical (unpaired) electrons. The molecule has 1 aliphatic rings. The number of nitrogens with zero attached hydrogens (tertiary/aromatic N) is 4. The van der Waals surface area contributed by atoms with E-state index in [-0.39, 0.29) is 29.6 Å². The predicted octanol–water partition coefficient (Wildman–Crippen LogP) is 3.20. The number of amides is 1. The molecule has 0 aliphatic carbocycles. The first kappa shape index (κ1) is 24.7. The van der Waals surface area contributed by atoms with Gasteiger partial charge in [-0.2, -0.15) is 4.31 Å². The monoisotopic (exact) mass is 474 g/mol. The molecule has 3 rings (SSSR count). The number of benzene rings is 2. The molecule has 10 heteroatoms. The molecular formula is C23H30N4O5S. The number of hydrogen-bond donors (Lipinski definition) is 0. The summed E-state index contributed by atoms with van der Waals surface area (Å²) in [4.78, 5) is 27.6. The second-order valence-electron chi connectivity index (χ2n) is 8.08. The fourth-order valence-corrected chi connectivity index (χ4v) is 5.48. The van der Waals surface area contributed by atoms with Gasteiger partial charge in [-0.25, -0.2) is 8.42 Å². The van der Waals surface area contributed by atoms with E-state index >= 15 is 0 Å². The van der Waals surface area contributed by atoms with E-state index in [1.54, 1.807) is 18.7 Å². The summed E-state index contributed by atoms with van der Waals surface area (Å²) in [5, 5.41) is 11.8. The Morgan fingerprint density at radius 1 is 1.00 bits per heavy atom. The molecule has 2 aromatic rings. The van der Waals surface area contributed by atoms with Crippen molar-refractivity contribution in [2.24, 2.45) is 0 Å². The van der Waals surface area contributed by atoms with Gasteiger partial charge in [0.2, 0.25) is 10.0 Å². The minimum absolute atomic E-state index is 0.0621. The summed E-state index contributed by atoms with van der Waals surface area (Å²) in [5.41, 5.74) is 2.91. The number of nitro groups is 1. The molecular weight excluding hydrogens is 444 g/mol. The maximum absolute atomic E-state index is 12.9. The largest absolute Gasteiger partial charge is 0.362 e. The third kappa shape index (κ3) is 5.01. The zero-order valence-corrected chi connectivity index (χ0v) is 20.3. The smallest absolute Gasteiger partial charge is 0.293 e. The van der Waals surface area contributed by atoms with Gasteiger partial charge in [-0.3, -0.25) is 14.9 Å². The number of piperazine rings is 1. The zero-order valence-electron chi connectivity index (χ0n) is 19.4. The number of carbonyl (C=O) groups is 1. The van der Waals surface area contributed by atoms with E-state index in [2.05, 4.69) is 0 Å². The second-order valence-corrected chi connectivity index (χ2v) is 10.0. The Morgan fingerprint density at radius 2 is 1.64 bits per heavy atom. The van der Waals surface area contributed by atoms with Crippen molar-refractivity contribution in [3.8, 4) is 0 Å². The second kappa shape index (κ2) is 9.88. The van der Waals surface area contributed by atoms with E-state index in [1.807, 2.05) is 36.9 Å². The molecule has 2 aromatic carbocycles. The Hall–Kier alpha value is -2.98. The topological polar surface area (TPSA) is 104 Å². The third-order valence-corrected chi connectivity index (χ3v) is 8.19. The van der Waals surface area contributed by atoms with Gasteiger partial charge in [-0.15, -0.1) is 0 Å². The minimum atomic E-state index is -3.80. The lowest BCUT2D eigenvalue weighted by Gasteiger charge is -2.36. The third-order valence-electron chi connectivity index (χ3n) is 6.15. The number of hydrogen-bond acceptors (Lipinski definition) is 6. The number of sulfonamides is 1. The average Bonchev–Trinajstić information content (AvgIpc) is 2.80. The number of carbonyl (C=O) groups excluding carboxylic acids is 1. The van der Waals surface area contributed by atoms with Gasteiger partial charge < -0.3 is 9.80 Å². The SMILES string of the molecule is CCN(CC)S(=O)(=O)c1ccc(N2CCN(C(=O)c3ccc(C)c(C)c3)CC2)c([N+](=O)[O-])c1. The molecule has 1 fully saturated rings. The highest BCUT2D eigenvalue weighted by Crippen LogP contribution is 2.32. The maximum Gasteiger partial charge on any atom is 0.293 e. The van der Waals surface area contributed by atoms with Gasteiger partial charge in [0.25, 0.3) is 11.6 Å². The Labute approximate surface area is 194 Å². The lowest BCUT2D eigenvalue weighted by Crippen LogP contribution is -2.49. The van der Waals surface area contributed by atoms with Gasteiger partial charge in [0, 0.05) is 50.9 Å². The van der Waals surface area contributed by atoms with Gasteiger partial charge in [-0.05, 0) is 49.2 Å². The van der Waals surface area contributed by atoms with E-state index in [9.17, 15) is 23.3 Å². The maximum atomic E-state index is 12.9. The van der Waals surface area contributed by atoms with Crippen molar-refractivity contribution in [3.05, 3.63) is 63.2 Å². The fraction of sp³-hybridized carbons (Fsp3) is 0.435. The van der Waals surface area contributed by atoms with Crippen LogP contribution in [0, 0.1) is 24.0 Å². The number of nitro benzene ring substituents is 1. The van der Waals surface area contributed by atoms with E-state index in [0.717, 1.165) is 17.2 Å². The minimum Gasteiger partial charge on any atom is -0.362 e. The van der Waals surface area contributed by atoms with Crippen LogP contribution in [0.15, 0.2) is 41.3 Å². The number of rotatable bonds is 7. The Kier molecular flexibility index (Phi) is 7.38. The predicted molar refractivity (Wildman–Crippen MR) is 127 cm³/mol. The molecule has 9 nitrogen and oxygen atoms in total. The Balaban J connectivity index is 1.80. The standard InChI is InChI=1S/C23H30N4O5S/c1-5-26(6-2)33(31,32)20-9-10-21(22(16-20)27(29)30)24-11-13-25(14-12-24)23(28)19-8-7-17(3)18(4)15-19/h7-10,15-16H,5-6,11-14H2,1-4H3. The van der Waals surface area contributed by atoms with Gasteiger partial charge in [0.05, 0.1) is 9.82 Å². The quantitative estimate of drug-likeness (QED) is 0.451. The molecule has 1 saturated heterocycles. The van der Waals surface area contributed by atoms with Crippen molar-refractivity contribution < 1.29 is 18.1 Å². The summed E-state index contributed by atoms with van der Waals surface area (Å²) in [5.74, 6) is -0.0621. The molecule has 0 aromatic heterocycles. The molecule has 178 valence electrons. The molecule has 1 amide bonds. The van der Waals surface area contributed by atoms with Crippen molar-refractivity contribution in [3.63, 3.8) is 0 Å². The van der Waals surface area contributed by atoms with Crippen LogP contribution in [0.4, 0.5) is 11.4 Å². The first-order valence-corrected chi connectivity index (χ1v) is 12.4. The summed E-state index contributed by atoms with van der Waals surface area (Å²) in [7, 11) is -3.80. The van der Waals surface area contributed by atoms with Gasteiger partial charge in [0.15, 0.2) is 0 Å². The van der Waals surface area contributed by atoms with Crippen LogP contribution in [0.3, 0.4) is 0 Å². The van der Waals surface area contributed by atoms with Gasteiger partial charge in [-0.1, -0.05) is 19.9 Å². The number of aryl methyl sites for hydroxylation is 2. The zero-order chi connectivity index (χ0) is 24.3. The van der Waals surface area contributed by atoms with E-state index in [4.69, 9.17) is 0 Å². The van der Waals surface area contributed by atoms with Crippen molar-refractivity contribution in [1.82, 2.24) is 9.21 Å². The van der Waals surface area contributed by atoms with Crippen molar-refractivity contribution in [2.75, 3.05) is 44.2 Å². The summed E-state index contributed by atoms with van der Waals surface area (Å²) in [6, 6.07) is 9.67. The Bertz CT molecular complexity index is 1150. The van der Waals surface area contributed by atoms with Crippen LogP contribution >= 0.6 is 0 Å². The highest BCUT2D eigenvalue weighted by molar-refractivity contribution is 7.89. The summed E-state index contributed by atoms with van der Waals surface area (Å²) < 4.78 is 26.9. The van der Waals surface area contributed by atoms with Gasteiger partial charge >= 0.3 is 0 Å². The molecule has 1 aliphatic heterocycles. The van der Waals surface area contributed by atoms with E-state index in [0.29, 0.717) is 37.4 Å². The normalized spacial score (nSPS) is 14.6. The van der Waals surface area contributed by atoms with Crippen LogP contribution in [0.5, 0.6) is 0 Å². The van der Waals surface area contributed by atoms with Crippen LogP contribution < -0.4 is 4.90 Å². The van der Waals surface area contributed by atoms with Crippen molar-refractivity contribution in [1.29, 1.82) is 0 Å². The first-order chi connectivity index (χ1) is 15.6. The number of anilines is 1. The summed E-state index contributed by atoms with van der Waals surface area (Å²) >= 11 is 0. The lowest BCUT2D eigenvalue weighted by molar-refractivity contribution is -0.384. The highest BCUT2D eigenvalue weighted by atomic mass is 32.2. The molecule has 0 spiro atoms. The Morgan fingerprint density at radius 3 is 2.18 bits per heavy atom. The molecule has 1 heterocycles. The summed E-state index contributed by atoms with van der Waals surface area (Å²) in [6.45, 7) is 9.64. The van der Waals surface area contributed by atoms with E-state index < -0.39 is 14.9 Å². The van der Waals surface area contributed by atoms with Crippen molar-refractivity contribution in [2.45, 2.75) is 32.6 Å². The van der Waals surface area contributed by atoms with E-state index in [1.165, 1.54) is 16.4 Å². The molecule has 0 bridgehead atoms. The molecule has 0 unspecified atom stereocenters. The fourth-order valence-electron chi connectivity index (χ4n) is 4.00.